The average molecular weight is 405 g/mol. The van der Waals surface area contributed by atoms with Gasteiger partial charge in [0.15, 0.2) is 0 Å². The Labute approximate surface area is 177 Å². The van der Waals surface area contributed by atoms with E-state index in [2.05, 4.69) is 42.7 Å². The molecule has 0 spiro atoms. The molecule has 0 fully saturated rings. The molecule has 7 heteroatoms. The molecule has 0 atom stereocenters. The molecule has 0 bridgehead atoms. The standard InChI is InChI=1S/C23H28N6O/c1-6-29(26(4)5)21-9-7-8-18-19(21)10-11-27-22(18)12-20(24-14-23(27)30)17-13-25-28(15-17)16(2)3/h6-9,12-13,15-16H,1,10-11,14H2,2-5H3. The highest BCUT2D eigenvalue weighted by Crippen LogP contribution is 2.36. The van der Waals surface area contributed by atoms with Crippen LogP contribution in [0, 0.1) is 0 Å². The highest BCUT2D eigenvalue weighted by molar-refractivity contribution is 6.15. The number of carbonyl (C=O) groups is 1. The molecule has 1 amide bonds. The van der Waals surface area contributed by atoms with Crippen molar-refractivity contribution in [3.63, 3.8) is 0 Å². The minimum absolute atomic E-state index is 0.0248. The predicted octanol–water partition coefficient (Wildman–Crippen LogP) is 3.12. The number of allylic oxidation sites excluding steroid dienone is 1. The molecule has 0 radical (unpaired) electrons. The Bertz CT molecular complexity index is 1050. The van der Waals surface area contributed by atoms with Crippen molar-refractivity contribution in [3.8, 4) is 0 Å². The van der Waals surface area contributed by atoms with Gasteiger partial charge in [0.2, 0.25) is 5.91 Å². The Balaban J connectivity index is 1.82. The fourth-order valence-corrected chi connectivity index (χ4v) is 4.01. The van der Waals surface area contributed by atoms with Crippen molar-refractivity contribution in [3.05, 3.63) is 66.1 Å². The lowest BCUT2D eigenvalue weighted by molar-refractivity contribution is -0.126. The van der Waals surface area contributed by atoms with Crippen LogP contribution in [0.3, 0.4) is 0 Å². The summed E-state index contributed by atoms with van der Waals surface area (Å²) in [5, 5.41) is 8.46. The van der Waals surface area contributed by atoms with E-state index >= 15 is 0 Å². The topological polar surface area (TPSA) is 57.0 Å². The Morgan fingerprint density at radius 3 is 2.73 bits per heavy atom. The molecule has 2 aliphatic heterocycles. The molecule has 156 valence electrons. The van der Waals surface area contributed by atoms with E-state index in [0.717, 1.165) is 34.6 Å². The van der Waals surface area contributed by atoms with Crippen LogP contribution in [0.5, 0.6) is 0 Å². The number of carbonyl (C=O) groups excluding carboxylic acids is 1. The first-order chi connectivity index (χ1) is 14.4. The van der Waals surface area contributed by atoms with Crippen molar-refractivity contribution in [1.82, 2.24) is 19.7 Å². The molecule has 0 unspecified atom stereocenters. The highest BCUT2D eigenvalue weighted by atomic mass is 16.2. The third-order valence-corrected chi connectivity index (χ3v) is 5.54. The van der Waals surface area contributed by atoms with Crippen LogP contribution in [-0.2, 0) is 11.2 Å². The molecule has 1 aromatic heterocycles. The van der Waals surface area contributed by atoms with E-state index < -0.39 is 0 Å². The molecule has 0 aliphatic carbocycles. The van der Waals surface area contributed by atoms with Crippen LogP contribution in [-0.4, -0.2) is 58.5 Å². The number of aliphatic imine (C=N–C) groups is 1. The summed E-state index contributed by atoms with van der Waals surface area (Å²) in [5.74, 6) is 0.0248. The smallest absolute Gasteiger partial charge is 0.248 e. The predicted molar refractivity (Wildman–Crippen MR) is 120 cm³/mol. The van der Waals surface area contributed by atoms with Crippen LogP contribution >= 0.6 is 0 Å². The molecule has 0 saturated heterocycles. The number of aromatic nitrogens is 2. The van der Waals surface area contributed by atoms with E-state index in [4.69, 9.17) is 0 Å². The fraction of sp³-hybridized carbons (Fsp3) is 0.348. The van der Waals surface area contributed by atoms with Gasteiger partial charge in [0.05, 0.1) is 23.3 Å². The summed E-state index contributed by atoms with van der Waals surface area (Å²) in [6.07, 6.45) is 8.44. The van der Waals surface area contributed by atoms with E-state index in [1.807, 2.05) is 64.4 Å². The van der Waals surface area contributed by atoms with Gasteiger partial charge in [0, 0.05) is 50.2 Å². The maximum atomic E-state index is 12.9. The van der Waals surface area contributed by atoms with E-state index in [-0.39, 0.29) is 18.5 Å². The second-order valence-corrected chi connectivity index (χ2v) is 8.01. The lowest BCUT2D eigenvalue weighted by Crippen LogP contribution is -2.38. The average Bonchev–Trinajstić information content (AvgIpc) is 3.15. The van der Waals surface area contributed by atoms with Gasteiger partial charge in [-0.1, -0.05) is 18.7 Å². The van der Waals surface area contributed by atoms with Crippen molar-refractivity contribution in [2.75, 3.05) is 32.2 Å². The number of benzene rings is 1. The summed E-state index contributed by atoms with van der Waals surface area (Å²) in [6, 6.07) is 6.48. The first-order valence-electron chi connectivity index (χ1n) is 10.2. The van der Waals surface area contributed by atoms with Gasteiger partial charge in [-0.3, -0.25) is 19.5 Å². The first kappa shape index (κ1) is 20.1. The van der Waals surface area contributed by atoms with E-state index in [0.29, 0.717) is 6.54 Å². The molecule has 3 heterocycles. The van der Waals surface area contributed by atoms with Crippen LogP contribution in [0.4, 0.5) is 5.69 Å². The normalized spacial score (nSPS) is 16.1. The lowest BCUT2D eigenvalue weighted by atomic mass is 9.93. The van der Waals surface area contributed by atoms with Gasteiger partial charge in [-0.2, -0.15) is 5.10 Å². The minimum atomic E-state index is 0.0248. The molecular weight excluding hydrogens is 376 g/mol. The molecule has 7 nitrogen and oxygen atoms in total. The largest absolute Gasteiger partial charge is 0.310 e. The van der Waals surface area contributed by atoms with Crippen LogP contribution in [0.2, 0.25) is 0 Å². The number of anilines is 1. The number of hydrogen-bond acceptors (Lipinski definition) is 5. The zero-order valence-electron chi connectivity index (χ0n) is 18.0. The molecule has 30 heavy (non-hydrogen) atoms. The van der Waals surface area contributed by atoms with Gasteiger partial charge in [-0.25, -0.2) is 5.01 Å². The highest BCUT2D eigenvalue weighted by Gasteiger charge is 2.30. The maximum absolute atomic E-state index is 12.9. The third-order valence-electron chi connectivity index (χ3n) is 5.54. The summed E-state index contributed by atoms with van der Waals surface area (Å²) in [4.78, 5) is 19.3. The van der Waals surface area contributed by atoms with E-state index in [1.165, 1.54) is 5.56 Å². The quantitative estimate of drug-likeness (QED) is 0.719. The van der Waals surface area contributed by atoms with Gasteiger partial charge in [-0.05, 0) is 38.0 Å². The van der Waals surface area contributed by atoms with Crippen LogP contribution < -0.4 is 5.01 Å². The summed E-state index contributed by atoms with van der Waals surface area (Å²) >= 11 is 0. The van der Waals surface area contributed by atoms with Crippen molar-refractivity contribution >= 4 is 23.0 Å². The summed E-state index contributed by atoms with van der Waals surface area (Å²) in [6.45, 7) is 8.92. The van der Waals surface area contributed by atoms with E-state index in [9.17, 15) is 4.79 Å². The number of hydrazine groups is 1. The first-order valence-corrected chi connectivity index (χ1v) is 10.2. The SMILES string of the molecule is C=CN(c1cccc2c1CCN1C(=O)CN=C(c3cnn(C(C)C)c3)C=C21)N(C)C. The van der Waals surface area contributed by atoms with Crippen molar-refractivity contribution < 1.29 is 4.79 Å². The van der Waals surface area contributed by atoms with E-state index in [1.54, 1.807) is 0 Å². The Morgan fingerprint density at radius 1 is 1.27 bits per heavy atom. The zero-order valence-corrected chi connectivity index (χ0v) is 18.0. The molecule has 4 rings (SSSR count). The Kier molecular flexibility index (Phi) is 5.30. The minimum Gasteiger partial charge on any atom is -0.310 e. The van der Waals surface area contributed by atoms with Crippen LogP contribution in [0.1, 0.15) is 36.6 Å². The van der Waals surface area contributed by atoms with Crippen LogP contribution in [0.15, 0.2) is 54.4 Å². The molecular formula is C23H28N6O. The third kappa shape index (κ3) is 3.45. The fourth-order valence-electron chi connectivity index (χ4n) is 4.01. The van der Waals surface area contributed by atoms with Gasteiger partial charge in [-0.15, -0.1) is 0 Å². The molecule has 0 saturated carbocycles. The van der Waals surface area contributed by atoms with Crippen molar-refractivity contribution in [1.29, 1.82) is 0 Å². The summed E-state index contributed by atoms with van der Waals surface area (Å²) in [7, 11) is 3.98. The summed E-state index contributed by atoms with van der Waals surface area (Å²) < 4.78 is 1.91. The Hall–Kier alpha value is -3.19. The van der Waals surface area contributed by atoms with Crippen molar-refractivity contribution in [2.45, 2.75) is 26.3 Å². The number of fused-ring (bicyclic) bond motifs is 3. The lowest BCUT2D eigenvalue weighted by Gasteiger charge is -2.35. The Morgan fingerprint density at radius 2 is 2.07 bits per heavy atom. The second-order valence-electron chi connectivity index (χ2n) is 8.01. The number of rotatable bonds is 5. The molecule has 2 aromatic rings. The molecule has 0 N–H and O–H groups in total. The maximum Gasteiger partial charge on any atom is 0.248 e. The van der Waals surface area contributed by atoms with Gasteiger partial charge in [0.25, 0.3) is 0 Å². The van der Waals surface area contributed by atoms with Crippen molar-refractivity contribution in [2.24, 2.45) is 4.99 Å². The monoisotopic (exact) mass is 404 g/mol. The van der Waals surface area contributed by atoms with Crippen LogP contribution in [0.25, 0.3) is 5.70 Å². The van der Waals surface area contributed by atoms with Gasteiger partial charge >= 0.3 is 0 Å². The summed E-state index contributed by atoms with van der Waals surface area (Å²) in [5.41, 5.74) is 5.97. The molecule has 2 aliphatic rings. The second kappa shape index (κ2) is 7.91. The molecule has 1 aromatic carbocycles. The zero-order chi connectivity index (χ0) is 21.4. The number of hydrogen-bond donors (Lipinski definition) is 0. The number of nitrogens with zero attached hydrogens (tertiary/aromatic N) is 6. The number of amides is 1. The van der Waals surface area contributed by atoms with Gasteiger partial charge < -0.3 is 4.90 Å². The van der Waals surface area contributed by atoms with Gasteiger partial charge in [0.1, 0.15) is 6.54 Å².